The van der Waals surface area contributed by atoms with Crippen LogP contribution in [-0.4, -0.2) is 36.1 Å². The van der Waals surface area contributed by atoms with Gasteiger partial charge < -0.3 is 10.2 Å². The van der Waals surface area contributed by atoms with Crippen molar-refractivity contribution in [3.05, 3.63) is 42.0 Å². The predicted octanol–water partition coefficient (Wildman–Crippen LogP) is 2.39. The van der Waals surface area contributed by atoms with E-state index in [9.17, 15) is 4.39 Å². The highest BCUT2D eigenvalue weighted by Crippen LogP contribution is 2.22. The first-order valence-electron chi connectivity index (χ1n) is 7.30. The average Bonchev–Trinajstić information content (AvgIpc) is 2.76. The Morgan fingerprint density at radius 1 is 1.10 bits per heavy atom. The van der Waals surface area contributed by atoms with Gasteiger partial charge in [-0.1, -0.05) is 0 Å². The van der Waals surface area contributed by atoms with E-state index in [-0.39, 0.29) is 5.82 Å². The van der Waals surface area contributed by atoms with Crippen LogP contribution >= 0.6 is 0 Å². The summed E-state index contributed by atoms with van der Waals surface area (Å²) in [6, 6.07) is 8.42. The topological polar surface area (TPSA) is 41.1 Å². The van der Waals surface area contributed by atoms with Gasteiger partial charge in [0.25, 0.3) is 0 Å². The normalized spacial score (nSPS) is 15.8. The van der Waals surface area contributed by atoms with Crippen LogP contribution in [0.5, 0.6) is 0 Å². The van der Waals surface area contributed by atoms with Gasteiger partial charge in [-0.3, -0.25) is 0 Å². The third-order valence-electron chi connectivity index (χ3n) is 3.63. The lowest BCUT2D eigenvalue weighted by Gasteiger charge is -2.21. The van der Waals surface area contributed by atoms with E-state index < -0.39 is 0 Å². The Hall–Kier alpha value is -2.01. The Bertz CT molecular complexity index is 604. The summed E-state index contributed by atoms with van der Waals surface area (Å²) in [4.78, 5) is 11.3. The van der Waals surface area contributed by atoms with E-state index in [1.54, 1.807) is 12.1 Å². The van der Waals surface area contributed by atoms with Gasteiger partial charge in [0.2, 0.25) is 0 Å². The SMILES string of the molecule is Cc1nc(-c2ccc(F)cc2)cc(N2CCCNCC2)n1. The molecule has 0 spiro atoms. The molecule has 1 aromatic heterocycles. The van der Waals surface area contributed by atoms with Crippen molar-refractivity contribution in [1.29, 1.82) is 0 Å². The van der Waals surface area contributed by atoms with E-state index in [0.29, 0.717) is 0 Å². The number of benzene rings is 1. The van der Waals surface area contributed by atoms with Gasteiger partial charge in [-0.25, -0.2) is 14.4 Å². The molecule has 0 bridgehead atoms. The highest BCUT2D eigenvalue weighted by molar-refractivity contribution is 5.63. The zero-order valence-corrected chi connectivity index (χ0v) is 12.1. The maximum Gasteiger partial charge on any atom is 0.132 e. The van der Waals surface area contributed by atoms with Crippen molar-refractivity contribution < 1.29 is 4.39 Å². The van der Waals surface area contributed by atoms with E-state index in [1.165, 1.54) is 12.1 Å². The van der Waals surface area contributed by atoms with Crippen LogP contribution in [0.15, 0.2) is 30.3 Å². The lowest BCUT2D eigenvalue weighted by molar-refractivity contribution is 0.628. The van der Waals surface area contributed by atoms with Crippen LogP contribution in [0.25, 0.3) is 11.3 Å². The smallest absolute Gasteiger partial charge is 0.132 e. The third-order valence-corrected chi connectivity index (χ3v) is 3.63. The lowest BCUT2D eigenvalue weighted by atomic mass is 10.1. The molecule has 1 aromatic carbocycles. The van der Waals surface area contributed by atoms with Crippen molar-refractivity contribution in [2.75, 3.05) is 31.1 Å². The number of nitrogens with zero attached hydrogens (tertiary/aromatic N) is 3. The van der Waals surface area contributed by atoms with Crippen molar-refractivity contribution in [1.82, 2.24) is 15.3 Å². The summed E-state index contributed by atoms with van der Waals surface area (Å²) in [7, 11) is 0. The fourth-order valence-corrected chi connectivity index (χ4v) is 2.56. The number of hydrogen-bond donors (Lipinski definition) is 1. The van der Waals surface area contributed by atoms with Crippen molar-refractivity contribution in [3.63, 3.8) is 0 Å². The second-order valence-electron chi connectivity index (χ2n) is 5.26. The molecule has 1 fully saturated rings. The molecule has 0 amide bonds. The summed E-state index contributed by atoms with van der Waals surface area (Å²) < 4.78 is 13.0. The molecule has 0 unspecified atom stereocenters. The fourth-order valence-electron chi connectivity index (χ4n) is 2.56. The standard InChI is InChI=1S/C16H19FN4/c1-12-19-15(13-3-5-14(17)6-4-13)11-16(20-12)21-9-2-7-18-8-10-21/h3-6,11,18H,2,7-10H2,1H3. The van der Waals surface area contributed by atoms with Crippen LogP contribution in [0.1, 0.15) is 12.2 Å². The van der Waals surface area contributed by atoms with Crippen molar-refractivity contribution >= 4 is 5.82 Å². The van der Waals surface area contributed by atoms with Crippen molar-refractivity contribution in [2.24, 2.45) is 0 Å². The summed E-state index contributed by atoms with van der Waals surface area (Å²) in [6.07, 6.45) is 1.11. The molecule has 0 saturated carbocycles. The minimum Gasteiger partial charge on any atom is -0.355 e. The molecule has 4 nitrogen and oxygen atoms in total. The molecular weight excluding hydrogens is 267 g/mol. The van der Waals surface area contributed by atoms with Gasteiger partial charge >= 0.3 is 0 Å². The number of nitrogens with one attached hydrogen (secondary N) is 1. The number of aryl methyl sites for hydroxylation is 1. The number of rotatable bonds is 2. The molecule has 2 aromatic rings. The largest absolute Gasteiger partial charge is 0.355 e. The van der Waals surface area contributed by atoms with Crippen LogP contribution in [-0.2, 0) is 0 Å². The van der Waals surface area contributed by atoms with E-state index in [4.69, 9.17) is 0 Å². The van der Waals surface area contributed by atoms with Crippen molar-refractivity contribution in [2.45, 2.75) is 13.3 Å². The number of aromatic nitrogens is 2. The molecule has 1 aliphatic rings. The van der Waals surface area contributed by atoms with Crippen LogP contribution in [0.4, 0.5) is 10.2 Å². The van der Waals surface area contributed by atoms with E-state index >= 15 is 0 Å². The predicted molar refractivity (Wildman–Crippen MR) is 81.9 cm³/mol. The first-order chi connectivity index (χ1) is 10.2. The Balaban J connectivity index is 1.93. The van der Waals surface area contributed by atoms with Crippen LogP contribution in [0.3, 0.4) is 0 Å². The molecule has 2 heterocycles. The monoisotopic (exact) mass is 286 g/mol. The van der Waals surface area contributed by atoms with Gasteiger partial charge in [0.05, 0.1) is 5.69 Å². The zero-order chi connectivity index (χ0) is 14.7. The number of halogens is 1. The molecule has 0 radical (unpaired) electrons. The van der Waals surface area contributed by atoms with Gasteiger partial charge in [-0.2, -0.15) is 0 Å². The summed E-state index contributed by atoms with van der Waals surface area (Å²) in [5.41, 5.74) is 1.76. The Labute approximate surface area is 124 Å². The highest BCUT2D eigenvalue weighted by Gasteiger charge is 2.13. The van der Waals surface area contributed by atoms with Crippen LogP contribution in [0, 0.1) is 12.7 Å². The Morgan fingerprint density at radius 2 is 1.90 bits per heavy atom. The Morgan fingerprint density at radius 3 is 2.71 bits per heavy atom. The van der Waals surface area contributed by atoms with Gasteiger partial charge in [0.1, 0.15) is 17.5 Å². The van der Waals surface area contributed by atoms with Gasteiger partial charge in [0.15, 0.2) is 0 Å². The molecule has 110 valence electrons. The number of hydrogen-bond acceptors (Lipinski definition) is 4. The van der Waals surface area contributed by atoms with Gasteiger partial charge in [0, 0.05) is 31.3 Å². The highest BCUT2D eigenvalue weighted by atomic mass is 19.1. The first kappa shape index (κ1) is 13.9. The Kier molecular flexibility index (Phi) is 4.10. The van der Waals surface area contributed by atoms with Crippen LogP contribution in [0.2, 0.25) is 0 Å². The summed E-state index contributed by atoms with van der Waals surface area (Å²) >= 11 is 0. The quantitative estimate of drug-likeness (QED) is 0.920. The van der Waals surface area contributed by atoms with E-state index in [0.717, 1.165) is 55.5 Å². The van der Waals surface area contributed by atoms with Crippen LogP contribution < -0.4 is 10.2 Å². The second-order valence-corrected chi connectivity index (χ2v) is 5.26. The third kappa shape index (κ3) is 3.36. The molecule has 1 saturated heterocycles. The molecule has 1 N–H and O–H groups in total. The minimum atomic E-state index is -0.233. The maximum atomic E-state index is 13.0. The van der Waals surface area contributed by atoms with Gasteiger partial charge in [-0.05, 0) is 44.2 Å². The molecule has 1 aliphatic heterocycles. The fraction of sp³-hybridized carbons (Fsp3) is 0.375. The second kappa shape index (κ2) is 6.18. The van der Waals surface area contributed by atoms with Gasteiger partial charge in [-0.15, -0.1) is 0 Å². The molecule has 3 rings (SSSR count). The van der Waals surface area contributed by atoms with E-state index in [2.05, 4.69) is 20.2 Å². The summed E-state index contributed by atoms with van der Waals surface area (Å²) in [6.45, 7) is 5.85. The zero-order valence-electron chi connectivity index (χ0n) is 12.1. The molecule has 21 heavy (non-hydrogen) atoms. The first-order valence-corrected chi connectivity index (χ1v) is 7.30. The number of anilines is 1. The van der Waals surface area contributed by atoms with Crippen molar-refractivity contribution in [3.8, 4) is 11.3 Å². The molecular formula is C16H19FN4. The lowest BCUT2D eigenvalue weighted by Crippen LogP contribution is -2.28. The molecule has 0 atom stereocenters. The molecule has 5 heteroatoms. The minimum absolute atomic E-state index is 0.233. The maximum absolute atomic E-state index is 13.0. The van der Waals surface area contributed by atoms with E-state index in [1.807, 2.05) is 13.0 Å². The average molecular weight is 286 g/mol. The molecule has 0 aliphatic carbocycles. The summed E-state index contributed by atoms with van der Waals surface area (Å²) in [5.74, 6) is 1.46. The summed E-state index contributed by atoms with van der Waals surface area (Å²) in [5, 5.41) is 3.39.